The Bertz CT molecular complexity index is 924. The van der Waals surface area contributed by atoms with Crippen molar-refractivity contribution in [1.29, 1.82) is 0 Å². The summed E-state index contributed by atoms with van der Waals surface area (Å²) in [6.07, 6.45) is 0.953. The second-order valence-corrected chi connectivity index (χ2v) is 6.36. The number of aryl methyl sites for hydroxylation is 1. The van der Waals surface area contributed by atoms with E-state index in [1.807, 2.05) is 30.3 Å². The van der Waals surface area contributed by atoms with E-state index in [2.05, 4.69) is 5.32 Å². The minimum absolute atomic E-state index is 0.161. The predicted molar refractivity (Wildman–Crippen MR) is 106 cm³/mol. The molecule has 0 aliphatic carbocycles. The van der Waals surface area contributed by atoms with Crippen LogP contribution in [0, 0.1) is 0 Å². The lowest BCUT2D eigenvalue weighted by atomic mass is 10.1. The summed E-state index contributed by atoms with van der Waals surface area (Å²) in [5.74, 6) is -0.323. The number of carbonyl (C=O) groups is 2. The molecule has 0 radical (unpaired) electrons. The van der Waals surface area contributed by atoms with E-state index in [9.17, 15) is 9.59 Å². The minimum Gasteiger partial charge on any atom is -0.423 e. The number of amides is 1. The standard InChI is InChI=1S/C22H18ClNO3/c23-17-11-13-18(14-12-17)27-22(26)19-8-4-5-9-20(19)24-21(25)15-10-16-6-2-1-3-7-16/h1-9,11-14H,10,15H2,(H,24,25). The summed E-state index contributed by atoms with van der Waals surface area (Å²) in [4.78, 5) is 24.8. The van der Waals surface area contributed by atoms with E-state index in [1.54, 1.807) is 48.5 Å². The molecule has 0 fully saturated rings. The molecule has 1 N–H and O–H groups in total. The Morgan fingerprint density at radius 2 is 1.52 bits per heavy atom. The highest BCUT2D eigenvalue weighted by Gasteiger charge is 2.15. The van der Waals surface area contributed by atoms with Crippen LogP contribution in [0.5, 0.6) is 5.75 Å². The first-order valence-corrected chi connectivity index (χ1v) is 8.90. The molecule has 0 spiro atoms. The monoisotopic (exact) mass is 379 g/mol. The van der Waals surface area contributed by atoms with Crippen molar-refractivity contribution in [2.45, 2.75) is 12.8 Å². The lowest BCUT2D eigenvalue weighted by molar-refractivity contribution is -0.116. The van der Waals surface area contributed by atoms with Crippen LogP contribution >= 0.6 is 11.6 Å². The van der Waals surface area contributed by atoms with Gasteiger partial charge in [0.1, 0.15) is 5.75 Å². The number of hydrogen-bond donors (Lipinski definition) is 1. The molecule has 0 atom stereocenters. The van der Waals surface area contributed by atoms with Crippen LogP contribution in [0.15, 0.2) is 78.9 Å². The number of ether oxygens (including phenoxy) is 1. The molecule has 0 bridgehead atoms. The molecule has 0 heterocycles. The van der Waals surface area contributed by atoms with Crippen molar-refractivity contribution in [1.82, 2.24) is 0 Å². The summed E-state index contributed by atoms with van der Waals surface area (Å²) in [6, 6.07) is 23.0. The summed E-state index contributed by atoms with van der Waals surface area (Å²) in [6.45, 7) is 0. The number of hydrogen-bond acceptors (Lipinski definition) is 3. The van der Waals surface area contributed by atoms with E-state index in [0.717, 1.165) is 5.56 Å². The van der Waals surface area contributed by atoms with Crippen LogP contribution in [0.3, 0.4) is 0 Å². The normalized spacial score (nSPS) is 10.3. The molecule has 1 amide bonds. The number of nitrogens with one attached hydrogen (secondary N) is 1. The van der Waals surface area contributed by atoms with E-state index in [4.69, 9.17) is 16.3 Å². The number of halogens is 1. The first-order chi connectivity index (χ1) is 13.1. The third kappa shape index (κ3) is 5.43. The van der Waals surface area contributed by atoms with E-state index in [0.29, 0.717) is 34.9 Å². The maximum absolute atomic E-state index is 12.5. The number of para-hydroxylation sites is 1. The van der Waals surface area contributed by atoms with Gasteiger partial charge in [-0.05, 0) is 48.4 Å². The third-order valence-corrected chi connectivity index (χ3v) is 4.18. The van der Waals surface area contributed by atoms with Crippen molar-refractivity contribution in [3.63, 3.8) is 0 Å². The summed E-state index contributed by atoms with van der Waals surface area (Å²) in [5.41, 5.74) is 1.80. The second-order valence-electron chi connectivity index (χ2n) is 5.92. The van der Waals surface area contributed by atoms with Crippen molar-refractivity contribution >= 4 is 29.2 Å². The Morgan fingerprint density at radius 1 is 0.852 bits per heavy atom. The van der Waals surface area contributed by atoms with Gasteiger partial charge in [-0.2, -0.15) is 0 Å². The molecular weight excluding hydrogens is 362 g/mol. The van der Waals surface area contributed by atoms with Crippen LogP contribution in [0.1, 0.15) is 22.3 Å². The largest absolute Gasteiger partial charge is 0.423 e. The molecule has 0 aliphatic heterocycles. The van der Waals surface area contributed by atoms with Gasteiger partial charge in [-0.3, -0.25) is 4.79 Å². The average molecular weight is 380 g/mol. The third-order valence-electron chi connectivity index (χ3n) is 3.93. The number of esters is 1. The number of carbonyl (C=O) groups excluding carboxylic acids is 2. The van der Waals surface area contributed by atoms with Crippen molar-refractivity contribution in [2.24, 2.45) is 0 Å². The molecule has 27 heavy (non-hydrogen) atoms. The smallest absolute Gasteiger partial charge is 0.345 e. The molecule has 5 heteroatoms. The number of anilines is 1. The van der Waals surface area contributed by atoms with Crippen LogP contribution in [0.4, 0.5) is 5.69 Å². The van der Waals surface area contributed by atoms with Crippen LogP contribution in [-0.2, 0) is 11.2 Å². The van der Waals surface area contributed by atoms with Gasteiger partial charge >= 0.3 is 5.97 Å². The first-order valence-electron chi connectivity index (χ1n) is 8.52. The Balaban J connectivity index is 1.65. The highest BCUT2D eigenvalue weighted by Crippen LogP contribution is 2.21. The van der Waals surface area contributed by atoms with Gasteiger partial charge in [0.2, 0.25) is 5.91 Å². The van der Waals surface area contributed by atoms with Crippen molar-refractivity contribution in [3.05, 3.63) is 95.0 Å². The van der Waals surface area contributed by atoms with Crippen LogP contribution in [0.25, 0.3) is 0 Å². The highest BCUT2D eigenvalue weighted by atomic mass is 35.5. The quantitative estimate of drug-likeness (QED) is 0.477. The van der Waals surface area contributed by atoms with Crippen molar-refractivity contribution in [2.75, 3.05) is 5.32 Å². The first kappa shape index (κ1) is 18.7. The van der Waals surface area contributed by atoms with Gasteiger partial charge in [0.05, 0.1) is 11.3 Å². The molecule has 136 valence electrons. The molecule has 0 aliphatic rings. The van der Waals surface area contributed by atoms with Gasteiger partial charge in [-0.1, -0.05) is 54.1 Å². The molecule has 3 rings (SSSR count). The Morgan fingerprint density at radius 3 is 2.26 bits per heavy atom. The molecule has 0 aromatic heterocycles. The maximum Gasteiger partial charge on any atom is 0.345 e. The minimum atomic E-state index is -0.545. The molecule has 0 saturated heterocycles. The SMILES string of the molecule is O=C(CCc1ccccc1)Nc1ccccc1C(=O)Oc1ccc(Cl)cc1. The fourth-order valence-electron chi connectivity index (χ4n) is 2.55. The van der Waals surface area contributed by atoms with Gasteiger partial charge < -0.3 is 10.1 Å². The zero-order chi connectivity index (χ0) is 19.1. The van der Waals surface area contributed by atoms with Crippen LogP contribution < -0.4 is 10.1 Å². The molecule has 3 aromatic carbocycles. The lowest BCUT2D eigenvalue weighted by Crippen LogP contribution is -2.17. The second kappa shape index (κ2) is 9.01. The molecular formula is C22H18ClNO3. The maximum atomic E-state index is 12.5. The topological polar surface area (TPSA) is 55.4 Å². The van der Waals surface area contributed by atoms with Gasteiger partial charge in [0.15, 0.2) is 0 Å². The number of rotatable bonds is 6. The summed E-state index contributed by atoms with van der Waals surface area (Å²) < 4.78 is 5.36. The Labute approximate surface area is 162 Å². The number of benzene rings is 3. The molecule has 3 aromatic rings. The predicted octanol–water partition coefficient (Wildman–Crippen LogP) is 5.13. The zero-order valence-electron chi connectivity index (χ0n) is 14.5. The summed E-state index contributed by atoms with van der Waals surface area (Å²) in [5, 5.41) is 3.35. The highest BCUT2D eigenvalue weighted by molar-refractivity contribution is 6.30. The van der Waals surface area contributed by atoms with Crippen molar-refractivity contribution < 1.29 is 14.3 Å². The summed E-state index contributed by atoms with van der Waals surface area (Å²) in [7, 11) is 0. The lowest BCUT2D eigenvalue weighted by Gasteiger charge is -2.11. The van der Waals surface area contributed by atoms with Crippen molar-refractivity contribution in [3.8, 4) is 5.75 Å². The summed E-state index contributed by atoms with van der Waals surface area (Å²) >= 11 is 5.83. The fourth-order valence-corrected chi connectivity index (χ4v) is 2.68. The zero-order valence-corrected chi connectivity index (χ0v) is 15.3. The van der Waals surface area contributed by atoms with E-state index >= 15 is 0 Å². The Kier molecular flexibility index (Phi) is 6.23. The van der Waals surface area contributed by atoms with E-state index in [-0.39, 0.29) is 5.91 Å². The van der Waals surface area contributed by atoms with Gasteiger partial charge in [0, 0.05) is 11.4 Å². The van der Waals surface area contributed by atoms with E-state index < -0.39 is 5.97 Å². The molecule has 0 saturated carbocycles. The van der Waals surface area contributed by atoms with Crippen LogP contribution in [0.2, 0.25) is 5.02 Å². The van der Waals surface area contributed by atoms with E-state index in [1.165, 1.54) is 0 Å². The Hall–Kier alpha value is -3.11. The molecule has 0 unspecified atom stereocenters. The van der Waals surface area contributed by atoms with Crippen LogP contribution in [-0.4, -0.2) is 11.9 Å². The fraction of sp³-hybridized carbons (Fsp3) is 0.0909. The molecule has 4 nitrogen and oxygen atoms in total. The van der Waals surface area contributed by atoms with Gasteiger partial charge in [0.25, 0.3) is 0 Å². The average Bonchev–Trinajstić information content (AvgIpc) is 2.69. The van der Waals surface area contributed by atoms with Gasteiger partial charge in [-0.15, -0.1) is 0 Å². The van der Waals surface area contributed by atoms with Gasteiger partial charge in [-0.25, -0.2) is 4.79 Å².